The predicted molar refractivity (Wildman–Crippen MR) is 94.5 cm³/mol. The van der Waals surface area contributed by atoms with E-state index < -0.39 is 0 Å². The van der Waals surface area contributed by atoms with E-state index in [1.807, 2.05) is 18.0 Å². The van der Waals surface area contributed by atoms with E-state index in [9.17, 15) is 0 Å². The molecule has 0 unspecified atom stereocenters. The normalized spacial score (nSPS) is 20.3. The molecule has 0 aliphatic carbocycles. The number of aromatic nitrogens is 1. The Bertz CT molecular complexity index is 490. The fourth-order valence-corrected chi connectivity index (χ4v) is 3.79. The maximum Gasteiger partial charge on any atom is 0.191 e. The van der Waals surface area contributed by atoms with Crippen LogP contribution >= 0.6 is 11.8 Å². The number of anilines is 1. The van der Waals surface area contributed by atoms with E-state index in [-0.39, 0.29) is 0 Å². The summed E-state index contributed by atoms with van der Waals surface area (Å²) >= 11 is 1.98. The Morgan fingerprint density at radius 1 is 1.14 bits per heavy atom. The summed E-state index contributed by atoms with van der Waals surface area (Å²) in [5, 5.41) is 0. The molecule has 2 fully saturated rings. The Balaban J connectivity index is 1.56. The first-order chi connectivity index (χ1) is 10.8. The van der Waals surface area contributed by atoms with Gasteiger partial charge in [-0.25, -0.2) is 9.98 Å². The molecule has 1 aromatic rings. The summed E-state index contributed by atoms with van der Waals surface area (Å²) < 4.78 is 0. The lowest BCUT2D eigenvalue weighted by molar-refractivity contribution is 0.455. The first-order valence-corrected chi connectivity index (χ1v) is 9.31. The van der Waals surface area contributed by atoms with Gasteiger partial charge in [0.25, 0.3) is 0 Å². The molecule has 3 rings (SSSR count). The van der Waals surface area contributed by atoms with Gasteiger partial charge in [-0.1, -0.05) is 6.07 Å². The van der Waals surface area contributed by atoms with E-state index in [0.717, 1.165) is 49.1 Å². The molecule has 2 saturated heterocycles. The summed E-state index contributed by atoms with van der Waals surface area (Å²) in [5.41, 5.74) is 7.20. The number of piperidine rings is 1. The lowest BCUT2D eigenvalue weighted by Gasteiger charge is -2.28. The molecule has 0 amide bonds. The van der Waals surface area contributed by atoms with Crippen LogP contribution in [-0.2, 0) is 6.54 Å². The summed E-state index contributed by atoms with van der Waals surface area (Å²) in [5.74, 6) is 4.04. The van der Waals surface area contributed by atoms with Crippen molar-refractivity contribution in [2.45, 2.75) is 25.8 Å². The van der Waals surface area contributed by atoms with Gasteiger partial charge in [-0.15, -0.1) is 0 Å². The SMILES string of the molecule is NC(=NCc1ccc(N2CCCCC2)nc1)N1CCSCC1. The van der Waals surface area contributed by atoms with Gasteiger partial charge >= 0.3 is 0 Å². The summed E-state index contributed by atoms with van der Waals surface area (Å²) in [6.45, 7) is 4.88. The average Bonchev–Trinajstić information content (AvgIpc) is 2.61. The minimum absolute atomic E-state index is 0.614. The van der Waals surface area contributed by atoms with Crippen LogP contribution in [0.3, 0.4) is 0 Å². The number of guanidine groups is 1. The van der Waals surface area contributed by atoms with Gasteiger partial charge in [0.2, 0.25) is 0 Å². The molecule has 22 heavy (non-hydrogen) atoms. The van der Waals surface area contributed by atoms with Crippen molar-refractivity contribution in [1.82, 2.24) is 9.88 Å². The molecule has 0 atom stereocenters. The molecule has 3 heterocycles. The lowest BCUT2D eigenvalue weighted by atomic mass is 10.1. The third-order valence-electron chi connectivity index (χ3n) is 4.25. The zero-order valence-electron chi connectivity index (χ0n) is 13.1. The van der Waals surface area contributed by atoms with E-state index in [1.165, 1.54) is 19.3 Å². The van der Waals surface area contributed by atoms with Crippen molar-refractivity contribution in [3.8, 4) is 0 Å². The molecule has 0 saturated carbocycles. The van der Waals surface area contributed by atoms with Crippen LogP contribution in [0, 0.1) is 0 Å². The molecule has 1 aromatic heterocycles. The molecule has 120 valence electrons. The van der Waals surface area contributed by atoms with E-state index in [4.69, 9.17) is 5.73 Å². The predicted octanol–water partition coefficient (Wildman–Crippen LogP) is 1.94. The Morgan fingerprint density at radius 3 is 2.59 bits per heavy atom. The van der Waals surface area contributed by atoms with Gasteiger partial charge < -0.3 is 15.5 Å². The summed E-state index contributed by atoms with van der Waals surface area (Å²) in [6.07, 6.45) is 5.83. The summed E-state index contributed by atoms with van der Waals surface area (Å²) in [4.78, 5) is 13.7. The minimum Gasteiger partial charge on any atom is -0.370 e. The van der Waals surface area contributed by atoms with Crippen LogP contribution in [-0.4, -0.2) is 53.5 Å². The van der Waals surface area contributed by atoms with Crippen LogP contribution in [0.5, 0.6) is 0 Å². The largest absolute Gasteiger partial charge is 0.370 e. The number of thioether (sulfide) groups is 1. The molecular formula is C16H25N5S. The van der Waals surface area contributed by atoms with Gasteiger partial charge in [0.15, 0.2) is 5.96 Å². The lowest BCUT2D eigenvalue weighted by Crippen LogP contribution is -2.42. The van der Waals surface area contributed by atoms with Crippen molar-refractivity contribution >= 4 is 23.5 Å². The van der Waals surface area contributed by atoms with Gasteiger partial charge in [-0.05, 0) is 30.9 Å². The third kappa shape index (κ3) is 4.06. The van der Waals surface area contributed by atoms with Crippen molar-refractivity contribution in [2.75, 3.05) is 42.6 Å². The highest BCUT2D eigenvalue weighted by Crippen LogP contribution is 2.17. The summed E-state index contributed by atoms with van der Waals surface area (Å²) in [6, 6.07) is 4.24. The number of rotatable bonds is 3. The highest BCUT2D eigenvalue weighted by molar-refractivity contribution is 7.99. The number of nitrogens with zero attached hydrogens (tertiary/aromatic N) is 4. The fourth-order valence-electron chi connectivity index (χ4n) is 2.89. The molecule has 2 N–H and O–H groups in total. The van der Waals surface area contributed by atoms with Gasteiger partial charge in [0, 0.05) is 43.9 Å². The van der Waals surface area contributed by atoms with Crippen LogP contribution in [0.2, 0.25) is 0 Å². The van der Waals surface area contributed by atoms with Crippen molar-refractivity contribution in [3.05, 3.63) is 23.9 Å². The molecule has 6 heteroatoms. The maximum absolute atomic E-state index is 6.08. The van der Waals surface area contributed by atoms with Crippen LogP contribution in [0.4, 0.5) is 5.82 Å². The second-order valence-corrected chi connectivity index (χ2v) is 7.07. The van der Waals surface area contributed by atoms with E-state index in [1.54, 1.807) is 0 Å². The molecular weight excluding hydrogens is 294 g/mol. The Labute approximate surface area is 137 Å². The number of aliphatic imine (C=N–C) groups is 1. The molecule has 0 aromatic carbocycles. The monoisotopic (exact) mass is 319 g/mol. The first kappa shape index (κ1) is 15.5. The van der Waals surface area contributed by atoms with Crippen LogP contribution < -0.4 is 10.6 Å². The highest BCUT2D eigenvalue weighted by atomic mass is 32.2. The minimum atomic E-state index is 0.614. The standard InChI is InChI=1S/C16H25N5S/c17-16(21-8-10-22-11-9-21)19-13-14-4-5-15(18-12-14)20-6-2-1-3-7-20/h4-5,12H,1-3,6-11,13H2,(H2,17,19). The second-order valence-electron chi connectivity index (χ2n) is 5.85. The number of hydrogen-bond acceptors (Lipinski definition) is 4. The Kier molecular flexibility index (Phi) is 5.43. The van der Waals surface area contributed by atoms with Crippen molar-refractivity contribution in [1.29, 1.82) is 0 Å². The van der Waals surface area contributed by atoms with Crippen molar-refractivity contribution < 1.29 is 0 Å². The number of pyridine rings is 1. The quantitative estimate of drug-likeness (QED) is 0.681. The van der Waals surface area contributed by atoms with Crippen molar-refractivity contribution in [2.24, 2.45) is 10.7 Å². The van der Waals surface area contributed by atoms with Gasteiger partial charge in [-0.3, -0.25) is 0 Å². The average molecular weight is 319 g/mol. The number of hydrogen-bond donors (Lipinski definition) is 1. The molecule has 0 spiro atoms. The molecule has 5 nitrogen and oxygen atoms in total. The topological polar surface area (TPSA) is 57.8 Å². The molecule has 0 radical (unpaired) electrons. The van der Waals surface area contributed by atoms with E-state index >= 15 is 0 Å². The third-order valence-corrected chi connectivity index (χ3v) is 5.19. The van der Waals surface area contributed by atoms with E-state index in [2.05, 4.69) is 31.9 Å². The zero-order valence-corrected chi connectivity index (χ0v) is 13.9. The van der Waals surface area contributed by atoms with Crippen LogP contribution in [0.25, 0.3) is 0 Å². The van der Waals surface area contributed by atoms with Gasteiger partial charge in [0.05, 0.1) is 6.54 Å². The fraction of sp³-hybridized carbons (Fsp3) is 0.625. The highest BCUT2D eigenvalue weighted by Gasteiger charge is 2.13. The van der Waals surface area contributed by atoms with Crippen molar-refractivity contribution in [3.63, 3.8) is 0 Å². The maximum atomic E-state index is 6.08. The second kappa shape index (κ2) is 7.72. The smallest absolute Gasteiger partial charge is 0.191 e. The van der Waals surface area contributed by atoms with Crippen LogP contribution in [0.15, 0.2) is 23.3 Å². The Hall–Kier alpha value is -1.43. The summed E-state index contributed by atoms with van der Waals surface area (Å²) in [7, 11) is 0. The van der Waals surface area contributed by atoms with Gasteiger partial charge in [0.1, 0.15) is 5.82 Å². The zero-order chi connectivity index (χ0) is 15.2. The molecule has 2 aliphatic rings. The Morgan fingerprint density at radius 2 is 1.91 bits per heavy atom. The van der Waals surface area contributed by atoms with Gasteiger partial charge in [-0.2, -0.15) is 11.8 Å². The molecule has 0 bridgehead atoms. The van der Waals surface area contributed by atoms with E-state index in [0.29, 0.717) is 12.5 Å². The van der Waals surface area contributed by atoms with Crippen LogP contribution in [0.1, 0.15) is 24.8 Å². The first-order valence-electron chi connectivity index (χ1n) is 8.15. The number of nitrogens with two attached hydrogens (primary N) is 1. The molecule has 2 aliphatic heterocycles.